The topological polar surface area (TPSA) is 108 Å². The maximum atomic E-state index is 13.3. The van der Waals surface area contributed by atoms with Crippen molar-refractivity contribution in [3.8, 4) is 16.5 Å². The third-order valence-electron chi connectivity index (χ3n) is 7.74. The number of nitrogens with one attached hydrogen (secondary N) is 1. The minimum absolute atomic E-state index is 0.00215. The molecule has 1 spiro atoms. The van der Waals surface area contributed by atoms with Crippen LogP contribution in [-0.4, -0.2) is 44.6 Å². The van der Waals surface area contributed by atoms with Crippen LogP contribution in [0.2, 0.25) is 0 Å². The highest BCUT2D eigenvalue weighted by molar-refractivity contribution is 7.17. The summed E-state index contributed by atoms with van der Waals surface area (Å²) < 4.78 is 2.16. The molecule has 1 saturated carbocycles. The number of halogens is 1. The molecule has 0 radical (unpaired) electrons. The number of aromatic nitrogens is 2. The Bertz CT molecular complexity index is 1730. The van der Waals surface area contributed by atoms with Crippen LogP contribution in [0.15, 0.2) is 86.0 Å². The first-order chi connectivity index (χ1) is 20.3. The number of hydrogen-bond acceptors (Lipinski definition) is 6. The van der Waals surface area contributed by atoms with E-state index in [-0.39, 0.29) is 23.3 Å². The molecule has 1 aliphatic heterocycles. The molecule has 2 aromatic heterocycles. The van der Waals surface area contributed by atoms with Gasteiger partial charge < -0.3 is 9.47 Å². The highest BCUT2D eigenvalue weighted by Gasteiger charge is 2.50. The number of fused-ring (bicyclic) bond motifs is 1. The number of rotatable bonds is 6. The Kier molecular flexibility index (Phi) is 8.39. The number of thiophene rings is 1. The standard InChI is InChI=1S/C29H25N5O2S.C3H3ClO/c1-2-26(35)33-14-13-29(18-33)15-21(16-29)34-23-6-4-3-5-22(23)31-28(34)32-27(36)25-12-11-24(37-25)20-9-7-19(17-30)8-10-20;1-2-3(4)5/h2-12,21H,1,13-16,18H2,(H,31,32,36);2H,1H2. The first kappa shape index (κ1) is 29.0. The van der Waals surface area contributed by atoms with Gasteiger partial charge in [-0.3, -0.25) is 19.7 Å². The van der Waals surface area contributed by atoms with E-state index in [1.54, 1.807) is 12.1 Å². The van der Waals surface area contributed by atoms with E-state index in [0.29, 0.717) is 16.4 Å². The number of carbonyl (C=O) groups excluding carboxylic acids is 3. The summed E-state index contributed by atoms with van der Waals surface area (Å²) in [6, 6.07) is 21.4. The second-order valence-corrected chi connectivity index (χ2v) is 11.8. The van der Waals surface area contributed by atoms with Gasteiger partial charge in [0.15, 0.2) is 0 Å². The molecule has 6 rings (SSSR count). The number of hydrogen-bond donors (Lipinski definition) is 1. The fourth-order valence-electron chi connectivity index (χ4n) is 5.70. The second kappa shape index (κ2) is 12.1. The molecule has 0 bridgehead atoms. The third-order valence-corrected chi connectivity index (χ3v) is 9.02. The summed E-state index contributed by atoms with van der Waals surface area (Å²) in [7, 11) is 0. The molecule has 2 amide bonds. The van der Waals surface area contributed by atoms with Gasteiger partial charge in [-0.25, -0.2) is 4.98 Å². The highest BCUT2D eigenvalue weighted by atomic mass is 35.5. The number of anilines is 1. The van der Waals surface area contributed by atoms with Crippen molar-refractivity contribution >= 4 is 57.0 Å². The summed E-state index contributed by atoms with van der Waals surface area (Å²) in [6.07, 6.45) is 5.31. The fraction of sp³-hybridized carbons (Fsp3) is 0.219. The molecule has 212 valence electrons. The van der Waals surface area contributed by atoms with Crippen LogP contribution in [0.3, 0.4) is 0 Å². The van der Waals surface area contributed by atoms with Crippen LogP contribution >= 0.6 is 22.9 Å². The smallest absolute Gasteiger partial charge is 0.268 e. The summed E-state index contributed by atoms with van der Waals surface area (Å²) >= 11 is 6.12. The predicted molar refractivity (Wildman–Crippen MR) is 165 cm³/mol. The molecule has 2 aromatic carbocycles. The second-order valence-electron chi connectivity index (χ2n) is 10.4. The van der Waals surface area contributed by atoms with Gasteiger partial charge in [0.05, 0.1) is 27.5 Å². The van der Waals surface area contributed by atoms with Crippen molar-refractivity contribution < 1.29 is 14.4 Å². The van der Waals surface area contributed by atoms with E-state index in [9.17, 15) is 14.4 Å². The number of imidazole rings is 1. The average molecular weight is 598 g/mol. The van der Waals surface area contributed by atoms with Crippen LogP contribution in [0.25, 0.3) is 21.5 Å². The normalized spacial score (nSPS) is 18.9. The number of para-hydroxylation sites is 2. The molecular weight excluding hydrogens is 570 g/mol. The van der Waals surface area contributed by atoms with Gasteiger partial charge in [0.25, 0.3) is 5.91 Å². The van der Waals surface area contributed by atoms with Gasteiger partial charge in [-0.1, -0.05) is 37.4 Å². The van der Waals surface area contributed by atoms with E-state index in [1.165, 1.54) is 17.4 Å². The molecule has 2 aliphatic rings. The van der Waals surface area contributed by atoms with E-state index in [2.05, 4.69) is 29.1 Å². The molecule has 1 saturated heterocycles. The summed E-state index contributed by atoms with van der Waals surface area (Å²) in [5.74, 6) is 0.355. The van der Waals surface area contributed by atoms with Gasteiger partial charge >= 0.3 is 0 Å². The minimum atomic E-state index is -0.509. The lowest BCUT2D eigenvalue weighted by atomic mass is 9.65. The van der Waals surface area contributed by atoms with Crippen molar-refractivity contribution in [2.45, 2.75) is 25.3 Å². The van der Waals surface area contributed by atoms with Crippen molar-refractivity contribution in [3.05, 3.63) is 96.4 Å². The van der Waals surface area contributed by atoms with Crippen molar-refractivity contribution in [2.24, 2.45) is 5.41 Å². The average Bonchev–Trinajstić information content (AvgIpc) is 3.74. The summed E-state index contributed by atoms with van der Waals surface area (Å²) in [6.45, 7) is 8.23. The lowest BCUT2D eigenvalue weighted by Gasteiger charge is -2.46. The van der Waals surface area contributed by atoms with E-state index < -0.39 is 5.24 Å². The highest BCUT2D eigenvalue weighted by Crippen LogP contribution is 2.55. The maximum absolute atomic E-state index is 13.3. The molecule has 10 heteroatoms. The molecule has 0 unspecified atom stereocenters. The number of likely N-dealkylation sites (tertiary alicyclic amines) is 1. The Morgan fingerprint density at radius 3 is 2.45 bits per heavy atom. The quantitative estimate of drug-likeness (QED) is 0.200. The molecule has 1 aliphatic carbocycles. The predicted octanol–water partition coefficient (Wildman–Crippen LogP) is 6.57. The summed E-state index contributed by atoms with van der Waals surface area (Å²) in [4.78, 5) is 43.0. The fourth-order valence-corrected chi connectivity index (χ4v) is 6.60. The van der Waals surface area contributed by atoms with Gasteiger partial charge in [0, 0.05) is 24.0 Å². The van der Waals surface area contributed by atoms with Crippen molar-refractivity contribution in [2.75, 3.05) is 18.4 Å². The van der Waals surface area contributed by atoms with Gasteiger partial charge in [-0.2, -0.15) is 5.26 Å². The Hall–Kier alpha value is -4.52. The third kappa shape index (κ3) is 5.91. The number of carbonyl (C=O) groups is 3. The maximum Gasteiger partial charge on any atom is 0.268 e. The zero-order valence-corrected chi connectivity index (χ0v) is 24.3. The van der Waals surface area contributed by atoms with Crippen LogP contribution in [-0.2, 0) is 9.59 Å². The van der Waals surface area contributed by atoms with Crippen LogP contribution in [0.4, 0.5) is 5.95 Å². The van der Waals surface area contributed by atoms with Gasteiger partial charge in [-0.05, 0) is 90.4 Å². The first-order valence-corrected chi connectivity index (χ1v) is 14.6. The number of amides is 2. The van der Waals surface area contributed by atoms with Gasteiger partial charge in [0.1, 0.15) is 0 Å². The van der Waals surface area contributed by atoms with Crippen LogP contribution in [0, 0.1) is 16.7 Å². The Morgan fingerprint density at radius 2 is 1.79 bits per heavy atom. The number of nitriles is 1. The Morgan fingerprint density at radius 1 is 1.07 bits per heavy atom. The van der Waals surface area contributed by atoms with E-state index >= 15 is 0 Å². The molecule has 42 heavy (non-hydrogen) atoms. The lowest BCUT2D eigenvalue weighted by molar-refractivity contribution is -0.125. The van der Waals surface area contributed by atoms with Crippen LogP contribution < -0.4 is 5.32 Å². The molecule has 8 nitrogen and oxygen atoms in total. The van der Waals surface area contributed by atoms with Crippen molar-refractivity contribution in [3.63, 3.8) is 0 Å². The van der Waals surface area contributed by atoms with E-state index in [4.69, 9.17) is 21.8 Å². The molecule has 2 fully saturated rings. The molecule has 3 heterocycles. The lowest BCUT2D eigenvalue weighted by Crippen LogP contribution is -2.42. The number of allylic oxidation sites excluding steroid dienone is 1. The number of benzene rings is 2. The summed E-state index contributed by atoms with van der Waals surface area (Å²) in [5, 5.41) is 11.6. The Balaban J connectivity index is 0.000000652. The number of nitrogens with zero attached hydrogens (tertiary/aromatic N) is 4. The zero-order valence-electron chi connectivity index (χ0n) is 22.8. The molecule has 1 N–H and O–H groups in total. The van der Waals surface area contributed by atoms with E-state index in [1.807, 2.05) is 53.4 Å². The van der Waals surface area contributed by atoms with Crippen molar-refractivity contribution in [1.82, 2.24) is 14.5 Å². The molecular formula is C32H28ClN5O3S. The summed E-state index contributed by atoms with van der Waals surface area (Å²) in [5.41, 5.74) is 3.54. The minimum Gasteiger partial charge on any atom is -0.339 e. The first-order valence-electron chi connectivity index (χ1n) is 13.4. The SMILES string of the molecule is C=CC(=O)Cl.C=CC(=O)N1CCC2(CC(n3c(NC(=O)c4ccc(-c5ccc(C#N)cc5)s4)nc4ccccc43)C2)C1. The van der Waals surface area contributed by atoms with Crippen molar-refractivity contribution in [1.29, 1.82) is 5.26 Å². The Labute approximate surface area is 252 Å². The van der Waals surface area contributed by atoms with Crippen LogP contribution in [0.1, 0.15) is 40.5 Å². The van der Waals surface area contributed by atoms with Crippen LogP contribution in [0.5, 0.6) is 0 Å². The van der Waals surface area contributed by atoms with Gasteiger partial charge in [0.2, 0.25) is 17.1 Å². The van der Waals surface area contributed by atoms with Gasteiger partial charge in [-0.15, -0.1) is 11.3 Å². The molecule has 4 aromatic rings. The largest absolute Gasteiger partial charge is 0.339 e. The zero-order chi connectivity index (χ0) is 29.9. The monoisotopic (exact) mass is 597 g/mol. The molecule has 0 atom stereocenters. The van der Waals surface area contributed by atoms with E-state index in [0.717, 1.165) is 59.9 Å².